The first-order valence-electron chi connectivity index (χ1n) is 4.22. The molecule has 0 atom stereocenters. The van der Waals surface area contributed by atoms with E-state index in [0.29, 0.717) is 0 Å². The summed E-state index contributed by atoms with van der Waals surface area (Å²) in [7, 11) is 0. The van der Waals surface area contributed by atoms with Gasteiger partial charge in [0.05, 0.1) is 0 Å². The zero-order valence-corrected chi connectivity index (χ0v) is 8.29. The number of thiophene rings is 1. The van der Waals surface area contributed by atoms with E-state index in [1.54, 1.807) is 11.3 Å². The zero-order chi connectivity index (χ0) is 8.81. The Labute approximate surface area is 78.1 Å². The van der Waals surface area contributed by atoms with Crippen molar-refractivity contribution < 1.29 is 0 Å². The highest BCUT2D eigenvalue weighted by atomic mass is 32.1. The number of hydrogen-bond acceptors (Lipinski definition) is 2. The van der Waals surface area contributed by atoms with Gasteiger partial charge in [0, 0.05) is 18.0 Å². The van der Waals surface area contributed by atoms with Gasteiger partial charge in [-0.05, 0) is 17.9 Å². The molecule has 1 aromatic heterocycles. The van der Waals surface area contributed by atoms with Gasteiger partial charge in [-0.15, -0.1) is 11.3 Å². The summed E-state index contributed by atoms with van der Waals surface area (Å²) in [6, 6.07) is 4.22. The molecule has 0 aliphatic carbocycles. The highest BCUT2D eigenvalue weighted by Crippen LogP contribution is 2.07. The molecule has 0 amide bonds. The summed E-state index contributed by atoms with van der Waals surface area (Å²) in [6.07, 6.45) is 1.07. The largest absolute Gasteiger partial charge is 0.308 e. The van der Waals surface area contributed by atoms with Crippen LogP contribution in [0, 0.1) is 0 Å². The van der Waals surface area contributed by atoms with Gasteiger partial charge in [0.2, 0.25) is 0 Å². The molecule has 1 nitrogen and oxygen atoms in total. The van der Waals surface area contributed by atoms with Gasteiger partial charge in [0.15, 0.2) is 0 Å². The van der Waals surface area contributed by atoms with Gasteiger partial charge in [-0.3, -0.25) is 0 Å². The smallest absolute Gasteiger partial charge is 0.0302 e. The first-order chi connectivity index (χ1) is 5.83. The van der Waals surface area contributed by atoms with Crippen molar-refractivity contribution in [3.05, 3.63) is 34.5 Å². The molecule has 12 heavy (non-hydrogen) atoms. The van der Waals surface area contributed by atoms with E-state index in [1.807, 2.05) is 0 Å². The van der Waals surface area contributed by atoms with E-state index in [1.165, 1.54) is 10.5 Å². The molecular weight excluding hydrogens is 166 g/mol. The van der Waals surface area contributed by atoms with Crippen molar-refractivity contribution in [2.75, 3.05) is 6.54 Å². The fraction of sp³-hybridized carbons (Fsp3) is 0.400. The maximum Gasteiger partial charge on any atom is 0.0302 e. The van der Waals surface area contributed by atoms with Crippen molar-refractivity contribution in [1.82, 2.24) is 5.32 Å². The van der Waals surface area contributed by atoms with Crippen molar-refractivity contribution in [3.8, 4) is 0 Å². The molecule has 1 aromatic rings. The molecule has 0 saturated carbocycles. The van der Waals surface area contributed by atoms with Crippen LogP contribution in [0.15, 0.2) is 29.7 Å². The lowest BCUT2D eigenvalue weighted by molar-refractivity contribution is 0.735. The predicted octanol–water partition coefficient (Wildman–Crippen LogP) is 2.80. The average molecular weight is 181 g/mol. The topological polar surface area (TPSA) is 12.0 Å². The zero-order valence-electron chi connectivity index (χ0n) is 7.47. The van der Waals surface area contributed by atoms with Gasteiger partial charge >= 0.3 is 0 Å². The lowest BCUT2D eigenvalue weighted by atomic mass is 10.2. The Morgan fingerprint density at radius 1 is 1.67 bits per heavy atom. The molecule has 2 heteroatoms. The first-order valence-corrected chi connectivity index (χ1v) is 5.10. The summed E-state index contributed by atoms with van der Waals surface area (Å²) in [5.74, 6) is 0. The number of hydrogen-bond donors (Lipinski definition) is 1. The summed E-state index contributed by atoms with van der Waals surface area (Å²) in [5, 5.41) is 5.45. The molecule has 1 N–H and O–H groups in total. The molecule has 0 spiro atoms. The molecule has 0 saturated heterocycles. The van der Waals surface area contributed by atoms with E-state index in [0.717, 1.165) is 19.5 Å². The van der Waals surface area contributed by atoms with Crippen LogP contribution in [0.2, 0.25) is 0 Å². The third-order valence-electron chi connectivity index (χ3n) is 1.75. The molecule has 0 aromatic carbocycles. The van der Waals surface area contributed by atoms with E-state index in [-0.39, 0.29) is 0 Å². The van der Waals surface area contributed by atoms with Gasteiger partial charge in [0.25, 0.3) is 0 Å². The second-order valence-electron chi connectivity index (χ2n) is 2.79. The molecule has 0 fully saturated rings. The van der Waals surface area contributed by atoms with E-state index in [9.17, 15) is 0 Å². The Hall–Kier alpha value is -0.600. The van der Waals surface area contributed by atoms with Crippen LogP contribution in [0.5, 0.6) is 0 Å². The van der Waals surface area contributed by atoms with Crippen LogP contribution in [0.1, 0.15) is 18.2 Å². The summed E-state index contributed by atoms with van der Waals surface area (Å²) < 4.78 is 0. The van der Waals surface area contributed by atoms with Crippen molar-refractivity contribution in [1.29, 1.82) is 0 Å². The van der Waals surface area contributed by atoms with Crippen LogP contribution in [0.4, 0.5) is 0 Å². The summed E-state index contributed by atoms with van der Waals surface area (Å²) in [4.78, 5) is 1.39. The van der Waals surface area contributed by atoms with Crippen molar-refractivity contribution in [2.24, 2.45) is 0 Å². The van der Waals surface area contributed by atoms with Crippen LogP contribution in [0.25, 0.3) is 0 Å². The molecule has 0 aliphatic rings. The minimum absolute atomic E-state index is 0.939. The second-order valence-corrected chi connectivity index (χ2v) is 3.82. The van der Waals surface area contributed by atoms with Gasteiger partial charge < -0.3 is 5.32 Å². The fourth-order valence-corrected chi connectivity index (χ4v) is 1.58. The highest BCUT2D eigenvalue weighted by Gasteiger charge is 1.93. The first kappa shape index (κ1) is 9.49. The normalized spacial score (nSPS) is 10.1. The molecule has 0 aliphatic heterocycles. The maximum absolute atomic E-state index is 3.93. The van der Waals surface area contributed by atoms with Crippen LogP contribution in [0.3, 0.4) is 0 Å². The summed E-state index contributed by atoms with van der Waals surface area (Å²) in [6.45, 7) is 7.97. The number of rotatable bonds is 5. The SMILES string of the molecule is C=C(CC)CNCc1cccs1. The third kappa shape index (κ3) is 3.20. The van der Waals surface area contributed by atoms with Crippen LogP contribution in [-0.2, 0) is 6.54 Å². The Kier molecular flexibility index (Phi) is 4.05. The lowest BCUT2D eigenvalue weighted by Crippen LogP contribution is -2.14. The third-order valence-corrected chi connectivity index (χ3v) is 2.63. The van der Waals surface area contributed by atoms with Gasteiger partial charge in [0.1, 0.15) is 0 Å². The van der Waals surface area contributed by atoms with Crippen molar-refractivity contribution in [3.63, 3.8) is 0 Å². The number of nitrogens with one attached hydrogen (secondary N) is 1. The van der Waals surface area contributed by atoms with Crippen LogP contribution >= 0.6 is 11.3 Å². The van der Waals surface area contributed by atoms with Crippen molar-refractivity contribution in [2.45, 2.75) is 19.9 Å². The Morgan fingerprint density at radius 2 is 2.50 bits per heavy atom. The standard InChI is InChI=1S/C10H15NS/c1-3-9(2)7-11-8-10-5-4-6-12-10/h4-6,11H,2-3,7-8H2,1H3. The Balaban J connectivity index is 2.15. The van der Waals surface area contributed by atoms with E-state index >= 15 is 0 Å². The predicted molar refractivity (Wildman–Crippen MR) is 55.5 cm³/mol. The molecule has 1 rings (SSSR count). The minimum atomic E-state index is 0.939. The molecule has 1 heterocycles. The Morgan fingerprint density at radius 3 is 3.08 bits per heavy atom. The fourth-order valence-electron chi connectivity index (χ4n) is 0.901. The van der Waals surface area contributed by atoms with E-state index in [2.05, 4.69) is 36.3 Å². The van der Waals surface area contributed by atoms with Gasteiger partial charge in [-0.25, -0.2) is 0 Å². The quantitative estimate of drug-likeness (QED) is 0.689. The molecule has 0 bridgehead atoms. The maximum atomic E-state index is 3.93. The van der Waals surface area contributed by atoms with Crippen LogP contribution < -0.4 is 5.32 Å². The van der Waals surface area contributed by atoms with Gasteiger partial charge in [-0.1, -0.05) is 25.1 Å². The van der Waals surface area contributed by atoms with Gasteiger partial charge in [-0.2, -0.15) is 0 Å². The van der Waals surface area contributed by atoms with Crippen molar-refractivity contribution >= 4 is 11.3 Å². The average Bonchev–Trinajstić information content (AvgIpc) is 2.57. The van der Waals surface area contributed by atoms with E-state index < -0.39 is 0 Å². The van der Waals surface area contributed by atoms with Crippen LogP contribution in [-0.4, -0.2) is 6.54 Å². The second kappa shape index (κ2) is 5.12. The molecule has 66 valence electrons. The molecule has 0 unspecified atom stereocenters. The minimum Gasteiger partial charge on any atom is -0.308 e. The monoisotopic (exact) mass is 181 g/mol. The Bertz CT molecular complexity index is 226. The molecule has 0 radical (unpaired) electrons. The summed E-state index contributed by atoms with van der Waals surface area (Å²) >= 11 is 1.79. The lowest BCUT2D eigenvalue weighted by Gasteiger charge is -2.03. The van der Waals surface area contributed by atoms with E-state index in [4.69, 9.17) is 0 Å². The highest BCUT2D eigenvalue weighted by molar-refractivity contribution is 7.09. The summed E-state index contributed by atoms with van der Waals surface area (Å²) in [5.41, 5.74) is 1.27. The molecular formula is C10H15NS.